The average Bonchev–Trinajstić information content (AvgIpc) is 2.88. The van der Waals surface area contributed by atoms with E-state index in [4.69, 9.17) is 16.9 Å². The van der Waals surface area contributed by atoms with Gasteiger partial charge in [0.2, 0.25) is 0 Å². The van der Waals surface area contributed by atoms with Gasteiger partial charge in [-0.3, -0.25) is 5.32 Å². The fourth-order valence-electron chi connectivity index (χ4n) is 1.74. The summed E-state index contributed by atoms with van der Waals surface area (Å²) in [5, 5.41) is 15.1. The number of hydrogen-bond donors (Lipinski definition) is 1. The number of nitrogens with zero attached hydrogens (tertiary/aromatic N) is 3. The summed E-state index contributed by atoms with van der Waals surface area (Å²) in [7, 11) is 1.12. The third-order valence-corrected chi connectivity index (χ3v) is 2.98. The summed E-state index contributed by atoms with van der Waals surface area (Å²) in [6.45, 7) is 0. The molecular formula is C13H8ClF3N4O3. The molecule has 2 aromatic rings. The van der Waals surface area contributed by atoms with Crippen molar-refractivity contribution < 1.29 is 27.4 Å². The third kappa shape index (κ3) is 3.88. The minimum absolute atomic E-state index is 0.00656. The van der Waals surface area contributed by atoms with Crippen molar-refractivity contribution in [2.45, 2.75) is 6.36 Å². The second-order valence-corrected chi connectivity index (χ2v) is 4.62. The van der Waals surface area contributed by atoms with Crippen molar-refractivity contribution in [1.82, 2.24) is 9.78 Å². The number of aromatic nitrogens is 2. The minimum Gasteiger partial charge on any atom is -0.453 e. The second kappa shape index (κ2) is 6.67. The summed E-state index contributed by atoms with van der Waals surface area (Å²) >= 11 is 5.95. The second-order valence-electron chi connectivity index (χ2n) is 4.21. The normalized spacial score (nSPS) is 10.8. The zero-order chi connectivity index (χ0) is 17.9. The predicted molar refractivity (Wildman–Crippen MR) is 76.0 cm³/mol. The summed E-state index contributed by atoms with van der Waals surface area (Å²) in [6.07, 6.45) is -4.56. The van der Waals surface area contributed by atoms with E-state index in [2.05, 4.69) is 19.9 Å². The van der Waals surface area contributed by atoms with Crippen LogP contribution in [0.4, 0.5) is 23.8 Å². The Hall–Kier alpha value is -2.93. The van der Waals surface area contributed by atoms with Crippen molar-refractivity contribution in [3.63, 3.8) is 0 Å². The molecule has 2 rings (SSSR count). The fourth-order valence-corrected chi connectivity index (χ4v) is 1.99. The highest BCUT2D eigenvalue weighted by Gasteiger charge is 2.31. The van der Waals surface area contributed by atoms with Gasteiger partial charge in [0.1, 0.15) is 17.4 Å². The number of nitrogens with one attached hydrogen (secondary N) is 1. The maximum Gasteiger partial charge on any atom is 0.573 e. The van der Waals surface area contributed by atoms with Gasteiger partial charge in [-0.1, -0.05) is 11.6 Å². The van der Waals surface area contributed by atoms with Gasteiger partial charge in [-0.05, 0) is 12.1 Å². The zero-order valence-corrected chi connectivity index (χ0v) is 12.6. The highest BCUT2D eigenvalue weighted by atomic mass is 35.5. The van der Waals surface area contributed by atoms with Crippen LogP contribution in [0.2, 0.25) is 5.02 Å². The molecule has 126 valence electrons. The van der Waals surface area contributed by atoms with E-state index in [1.165, 1.54) is 6.07 Å². The van der Waals surface area contributed by atoms with E-state index < -0.39 is 18.2 Å². The first-order chi connectivity index (χ1) is 11.2. The van der Waals surface area contributed by atoms with Crippen molar-refractivity contribution in [1.29, 1.82) is 5.26 Å². The number of rotatable bonds is 3. The largest absolute Gasteiger partial charge is 0.573 e. The van der Waals surface area contributed by atoms with Gasteiger partial charge in [0, 0.05) is 6.07 Å². The van der Waals surface area contributed by atoms with Gasteiger partial charge < -0.3 is 9.47 Å². The Bertz CT molecular complexity index is 814. The molecule has 0 atom stereocenters. The van der Waals surface area contributed by atoms with Crippen LogP contribution < -0.4 is 10.1 Å². The Balaban J connectivity index is 2.44. The fraction of sp³-hybridized carbons (Fsp3) is 0.154. The van der Waals surface area contributed by atoms with Crippen molar-refractivity contribution in [3.8, 4) is 17.5 Å². The van der Waals surface area contributed by atoms with Gasteiger partial charge >= 0.3 is 12.5 Å². The van der Waals surface area contributed by atoms with E-state index in [0.29, 0.717) is 0 Å². The molecule has 0 saturated heterocycles. The SMILES string of the molecule is COC(=O)Nc1c(C#N)cnn1-c1ccc(OC(F)(F)F)cc1Cl. The third-order valence-electron chi connectivity index (χ3n) is 2.68. The summed E-state index contributed by atoms with van der Waals surface area (Å²) < 4.78 is 45.9. The molecule has 0 aliphatic heterocycles. The van der Waals surface area contributed by atoms with Gasteiger partial charge in [-0.2, -0.15) is 10.4 Å². The van der Waals surface area contributed by atoms with Crippen molar-refractivity contribution in [3.05, 3.63) is 35.0 Å². The molecule has 0 aliphatic rings. The number of alkyl halides is 3. The van der Waals surface area contributed by atoms with Crippen molar-refractivity contribution in [2.75, 3.05) is 12.4 Å². The van der Waals surface area contributed by atoms with Crippen LogP contribution in [0, 0.1) is 11.3 Å². The van der Waals surface area contributed by atoms with Crippen molar-refractivity contribution >= 4 is 23.5 Å². The summed E-state index contributed by atoms with van der Waals surface area (Å²) in [5.41, 5.74) is 0.131. The number of carbonyl (C=O) groups excluding carboxylic acids is 1. The maximum absolute atomic E-state index is 12.2. The monoisotopic (exact) mass is 360 g/mol. The Labute approximate surface area is 138 Å². The summed E-state index contributed by atoms with van der Waals surface area (Å²) in [6, 6.07) is 4.95. The van der Waals surface area contributed by atoms with Crippen LogP contribution >= 0.6 is 11.6 Å². The number of methoxy groups -OCH3 is 1. The first-order valence-corrected chi connectivity index (χ1v) is 6.51. The van der Waals surface area contributed by atoms with Gasteiger partial charge in [-0.25, -0.2) is 9.48 Å². The molecule has 1 aromatic heterocycles. The standard InChI is InChI=1S/C13H8ClF3N4O3/c1-23-12(22)20-11-7(5-18)6-19-21(11)10-3-2-8(4-9(10)14)24-13(15,16)17/h2-4,6H,1H3,(H,20,22). The number of amides is 1. The Morgan fingerprint density at radius 2 is 2.17 bits per heavy atom. The van der Waals surface area contributed by atoms with Crippen LogP contribution in [0.25, 0.3) is 5.69 Å². The number of ether oxygens (including phenoxy) is 2. The molecule has 0 radical (unpaired) electrons. The van der Waals surface area contributed by atoms with E-state index in [1.807, 2.05) is 0 Å². The molecule has 0 fully saturated rings. The first-order valence-electron chi connectivity index (χ1n) is 6.14. The summed E-state index contributed by atoms with van der Waals surface area (Å²) in [4.78, 5) is 11.4. The lowest BCUT2D eigenvalue weighted by atomic mass is 10.3. The number of anilines is 1. The molecule has 0 unspecified atom stereocenters. The molecule has 0 spiro atoms. The lowest BCUT2D eigenvalue weighted by Gasteiger charge is -2.13. The quantitative estimate of drug-likeness (QED) is 0.905. The van der Waals surface area contributed by atoms with Crippen LogP contribution in [0.5, 0.6) is 5.75 Å². The number of halogens is 4. The maximum atomic E-state index is 12.2. The average molecular weight is 361 g/mol. The van der Waals surface area contributed by atoms with E-state index in [0.717, 1.165) is 30.1 Å². The number of benzene rings is 1. The number of hydrogen-bond acceptors (Lipinski definition) is 5. The molecule has 1 heterocycles. The lowest BCUT2D eigenvalue weighted by molar-refractivity contribution is -0.274. The van der Waals surface area contributed by atoms with Crippen LogP contribution in [-0.2, 0) is 4.74 Å². The van der Waals surface area contributed by atoms with Crippen LogP contribution in [0.3, 0.4) is 0 Å². The Morgan fingerprint density at radius 3 is 2.71 bits per heavy atom. The molecular weight excluding hydrogens is 353 g/mol. The predicted octanol–water partition coefficient (Wildman–Crippen LogP) is 3.47. The molecule has 24 heavy (non-hydrogen) atoms. The van der Waals surface area contributed by atoms with E-state index >= 15 is 0 Å². The van der Waals surface area contributed by atoms with Gasteiger partial charge in [-0.15, -0.1) is 13.2 Å². The zero-order valence-electron chi connectivity index (χ0n) is 11.9. The number of carbonyl (C=O) groups is 1. The molecule has 1 amide bonds. The van der Waals surface area contributed by atoms with Gasteiger partial charge in [0.05, 0.1) is 24.0 Å². The van der Waals surface area contributed by atoms with Crippen LogP contribution in [0.1, 0.15) is 5.56 Å². The highest BCUT2D eigenvalue weighted by Crippen LogP contribution is 2.31. The Kier molecular flexibility index (Phi) is 4.85. The Morgan fingerprint density at radius 1 is 1.46 bits per heavy atom. The molecule has 1 aromatic carbocycles. The molecule has 1 N–H and O–H groups in total. The van der Waals surface area contributed by atoms with E-state index in [1.54, 1.807) is 6.07 Å². The lowest BCUT2D eigenvalue weighted by Crippen LogP contribution is -2.17. The molecule has 0 aliphatic carbocycles. The van der Waals surface area contributed by atoms with Crippen molar-refractivity contribution in [2.24, 2.45) is 0 Å². The summed E-state index contributed by atoms with van der Waals surface area (Å²) in [5.74, 6) is -0.567. The first kappa shape index (κ1) is 17.4. The van der Waals surface area contributed by atoms with E-state index in [-0.39, 0.29) is 22.1 Å². The molecule has 0 saturated carbocycles. The smallest absolute Gasteiger partial charge is 0.453 e. The van der Waals surface area contributed by atoms with Gasteiger partial charge in [0.15, 0.2) is 5.82 Å². The molecule has 7 nitrogen and oxygen atoms in total. The molecule has 0 bridgehead atoms. The van der Waals surface area contributed by atoms with Gasteiger partial charge in [0.25, 0.3) is 0 Å². The minimum atomic E-state index is -4.86. The highest BCUT2D eigenvalue weighted by molar-refractivity contribution is 6.32. The van der Waals surface area contributed by atoms with Crippen LogP contribution in [0.15, 0.2) is 24.4 Å². The number of nitriles is 1. The van der Waals surface area contributed by atoms with E-state index in [9.17, 15) is 18.0 Å². The van der Waals surface area contributed by atoms with Crippen LogP contribution in [-0.4, -0.2) is 29.3 Å². The molecule has 11 heteroatoms. The topological polar surface area (TPSA) is 89.2 Å².